The van der Waals surface area contributed by atoms with E-state index in [4.69, 9.17) is 9.47 Å². The van der Waals surface area contributed by atoms with Crippen LogP contribution in [0.15, 0.2) is 30.3 Å². The minimum absolute atomic E-state index is 0.119. The van der Waals surface area contributed by atoms with E-state index in [1.807, 2.05) is 0 Å². The lowest BCUT2D eigenvalue weighted by Gasteiger charge is -2.26. The zero-order valence-corrected chi connectivity index (χ0v) is 14.5. The lowest BCUT2D eigenvalue weighted by Crippen LogP contribution is -2.39. The van der Waals surface area contributed by atoms with Gasteiger partial charge in [-0.05, 0) is 31.5 Å². The van der Waals surface area contributed by atoms with Crippen molar-refractivity contribution in [2.75, 3.05) is 6.61 Å². The minimum Gasteiger partial charge on any atom is -0.508 e. The first-order chi connectivity index (χ1) is 12.3. The van der Waals surface area contributed by atoms with Crippen molar-refractivity contribution in [3.63, 3.8) is 0 Å². The van der Waals surface area contributed by atoms with E-state index in [0.717, 1.165) is 0 Å². The molecule has 0 spiro atoms. The van der Waals surface area contributed by atoms with Crippen LogP contribution in [-0.2, 0) is 6.42 Å². The quantitative estimate of drug-likeness (QED) is 0.765. The highest BCUT2D eigenvalue weighted by Crippen LogP contribution is 2.47. The van der Waals surface area contributed by atoms with Crippen molar-refractivity contribution >= 4 is 5.78 Å². The van der Waals surface area contributed by atoms with Crippen LogP contribution in [0.2, 0.25) is 0 Å². The molecule has 136 valence electrons. The van der Waals surface area contributed by atoms with Crippen molar-refractivity contribution in [2.45, 2.75) is 37.9 Å². The van der Waals surface area contributed by atoms with Crippen molar-refractivity contribution < 1.29 is 29.6 Å². The molecule has 0 radical (unpaired) electrons. The summed E-state index contributed by atoms with van der Waals surface area (Å²) in [5.41, 5.74) is 0.294. The number of phenolic OH excluding ortho intramolecular Hbond substituents is 2. The first-order valence-electron chi connectivity index (χ1n) is 8.49. The maximum absolute atomic E-state index is 13.0. The van der Waals surface area contributed by atoms with Gasteiger partial charge in [0.05, 0.1) is 11.5 Å². The van der Waals surface area contributed by atoms with E-state index in [1.54, 1.807) is 32.0 Å². The number of Topliss-reactive ketones (excluding diaryl/α,β-unsaturated/α-hetero) is 1. The summed E-state index contributed by atoms with van der Waals surface area (Å²) in [4.78, 5) is 13.0. The number of fused-ring (bicyclic) bond motifs is 2. The minimum atomic E-state index is -1.08. The molecule has 2 aromatic carbocycles. The van der Waals surface area contributed by atoms with E-state index in [9.17, 15) is 20.1 Å². The SMILES string of the molecule is CC(C)(O)C1Cc2c(cc3c(c2O)C(=O)C(c2ccc(O)cc2)CO3)O1. The van der Waals surface area contributed by atoms with Gasteiger partial charge in [0.2, 0.25) is 0 Å². The van der Waals surface area contributed by atoms with Crippen LogP contribution in [-0.4, -0.2) is 39.4 Å². The molecular formula is C20H20O6. The van der Waals surface area contributed by atoms with Gasteiger partial charge >= 0.3 is 0 Å². The Morgan fingerprint density at radius 3 is 2.46 bits per heavy atom. The summed E-state index contributed by atoms with van der Waals surface area (Å²) in [6.07, 6.45) is -0.190. The molecule has 0 saturated heterocycles. The molecule has 0 bridgehead atoms. The first kappa shape index (κ1) is 16.7. The van der Waals surface area contributed by atoms with Crippen molar-refractivity contribution in [1.29, 1.82) is 0 Å². The van der Waals surface area contributed by atoms with E-state index in [0.29, 0.717) is 23.3 Å². The van der Waals surface area contributed by atoms with Gasteiger partial charge in [-0.1, -0.05) is 12.1 Å². The van der Waals surface area contributed by atoms with Gasteiger partial charge in [-0.15, -0.1) is 0 Å². The predicted molar refractivity (Wildman–Crippen MR) is 93.2 cm³/mol. The highest BCUT2D eigenvalue weighted by molar-refractivity contribution is 6.07. The average Bonchev–Trinajstić information content (AvgIpc) is 3.01. The molecule has 0 amide bonds. The maximum atomic E-state index is 13.0. The molecule has 2 aliphatic rings. The topological polar surface area (TPSA) is 96.2 Å². The number of hydrogen-bond donors (Lipinski definition) is 3. The number of carbonyl (C=O) groups is 1. The zero-order valence-electron chi connectivity index (χ0n) is 14.5. The third-order valence-electron chi connectivity index (χ3n) is 5.04. The molecule has 2 heterocycles. The molecule has 6 heteroatoms. The Labute approximate surface area is 150 Å². The number of hydrogen-bond acceptors (Lipinski definition) is 6. The monoisotopic (exact) mass is 356 g/mol. The highest BCUT2D eigenvalue weighted by atomic mass is 16.5. The van der Waals surface area contributed by atoms with Crippen LogP contribution in [0.25, 0.3) is 0 Å². The van der Waals surface area contributed by atoms with Crippen molar-refractivity contribution in [1.82, 2.24) is 0 Å². The fourth-order valence-electron chi connectivity index (χ4n) is 3.47. The molecule has 2 aliphatic heterocycles. The van der Waals surface area contributed by atoms with Crippen LogP contribution in [0.3, 0.4) is 0 Å². The van der Waals surface area contributed by atoms with Gasteiger partial charge in [-0.2, -0.15) is 0 Å². The summed E-state index contributed by atoms with van der Waals surface area (Å²) in [7, 11) is 0. The summed E-state index contributed by atoms with van der Waals surface area (Å²) in [5, 5.41) is 30.3. The van der Waals surface area contributed by atoms with E-state index in [1.165, 1.54) is 12.1 Å². The summed E-state index contributed by atoms with van der Waals surface area (Å²) in [6.45, 7) is 3.43. The number of ketones is 1. The molecule has 4 rings (SSSR count). The second-order valence-corrected chi connectivity index (χ2v) is 7.36. The predicted octanol–water partition coefficient (Wildman–Crippen LogP) is 2.53. The molecule has 6 nitrogen and oxygen atoms in total. The zero-order chi connectivity index (χ0) is 18.6. The fraction of sp³-hybridized carbons (Fsp3) is 0.350. The summed E-state index contributed by atoms with van der Waals surface area (Å²) in [6, 6.07) is 7.99. The maximum Gasteiger partial charge on any atom is 0.181 e. The Hall–Kier alpha value is -2.73. The molecule has 2 atom stereocenters. The number of ether oxygens (including phenoxy) is 2. The molecule has 0 fully saturated rings. The standard InChI is InChI=1S/C20H20O6/c1-20(2,24)16-7-12-14(26-16)8-15-17(18(12)22)19(23)13(9-25-15)10-3-5-11(21)6-4-10/h3-6,8,13,16,21-22,24H,7,9H2,1-2H3. The average molecular weight is 356 g/mol. The van der Waals surface area contributed by atoms with Gasteiger partial charge in [0.25, 0.3) is 0 Å². The molecule has 0 aliphatic carbocycles. The Balaban J connectivity index is 1.72. The molecule has 2 aromatic rings. The van der Waals surface area contributed by atoms with Crippen LogP contribution in [0, 0.1) is 0 Å². The van der Waals surface area contributed by atoms with Crippen LogP contribution in [0.1, 0.15) is 41.3 Å². The number of rotatable bonds is 2. The van der Waals surface area contributed by atoms with Crippen LogP contribution >= 0.6 is 0 Å². The number of benzene rings is 2. The second-order valence-electron chi connectivity index (χ2n) is 7.36. The van der Waals surface area contributed by atoms with Gasteiger partial charge in [-0.25, -0.2) is 0 Å². The van der Waals surface area contributed by atoms with Gasteiger partial charge in [-0.3, -0.25) is 4.79 Å². The first-order valence-corrected chi connectivity index (χ1v) is 8.49. The van der Waals surface area contributed by atoms with Gasteiger partial charge in [0.1, 0.15) is 41.3 Å². The van der Waals surface area contributed by atoms with Crippen molar-refractivity contribution in [3.8, 4) is 23.0 Å². The van der Waals surface area contributed by atoms with Gasteiger partial charge in [0, 0.05) is 18.1 Å². The normalized spacial score (nSPS) is 21.6. The molecule has 26 heavy (non-hydrogen) atoms. The number of phenols is 2. The number of carbonyl (C=O) groups excluding carboxylic acids is 1. The Bertz CT molecular complexity index is 879. The van der Waals surface area contributed by atoms with E-state index >= 15 is 0 Å². The molecule has 0 saturated carbocycles. The van der Waals surface area contributed by atoms with Gasteiger partial charge < -0.3 is 24.8 Å². The number of aromatic hydroxyl groups is 2. The molecule has 2 unspecified atom stereocenters. The summed E-state index contributed by atoms with van der Waals surface area (Å²) < 4.78 is 11.5. The second kappa shape index (κ2) is 5.64. The van der Waals surface area contributed by atoms with Crippen molar-refractivity contribution in [3.05, 3.63) is 47.0 Å². The Morgan fingerprint density at radius 1 is 1.12 bits per heavy atom. The van der Waals surface area contributed by atoms with E-state index in [-0.39, 0.29) is 35.2 Å². The fourth-order valence-corrected chi connectivity index (χ4v) is 3.47. The molecule has 3 N–H and O–H groups in total. The number of aliphatic hydroxyl groups is 1. The third kappa shape index (κ3) is 2.57. The molecule has 0 aromatic heterocycles. The van der Waals surface area contributed by atoms with Gasteiger partial charge in [0.15, 0.2) is 5.78 Å². The van der Waals surface area contributed by atoms with E-state index in [2.05, 4.69) is 0 Å². The summed E-state index contributed by atoms with van der Waals surface area (Å²) >= 11 is 0. The highest BCUT2D eigenvalue weighted by Gasteiger charge is 2.41. The smallest absolute Gasteiger partial charge is 0.181 e. The van der Waals surface area contributed by atoms with Crippen LogP contribution in [0.5, 0.6) is 23.0 Å². The largest absolute Gasteiger partial charge is 0.508 e. The summed E-state index contributed by atoms with van der Waals surface area (Å²) in [5.74, 6) is -0.0862. The lowest BCUT2D eigenvalue weighted by atomic mass is 9.87. The van der Waals surface area contributed by atoms with E-state index < -0.39 is 17.6 Å². The molecular weight excluding hydrogens is 336 g/mol. The Morgan fingerprint density at radius 2 is 1.81 bits per heavy atom. The van der Waals surface area contributed by atoms with Crippen LogP contribution < -0.4 is 9.47 Å². The van der Waals surface area contributed by atoms with Crippen molar-refractivity contribution in [2.24, 2.45) is 0 Å². The van der Waals surface area contributed by atoms with Crippen LogP contribution in [0.4, 0.5) is 0 Å². The lowest BCUT2D eigenvalue weighted by molar-refractivity contribution is -0.0230. The Kier molecular flexibility index (Phi) is 3.63. The third-order valence-corrected chi connectivity index (χ3v) is 5.04.